The van der Waals surface area contributed by atoms with Crippen molar-refractivity contribution in [1.29, 1.82) is 0 Å². The van der Waals surface area contributed by atoms with Crippen LogP contribution in [0, 0.1) is 23.2 Å². The zero-order chi connectivity index (χ0) is 31.0. The highest BCUT2D eigenvalue weighted by Crippen LogP contribution is 2.56. The number of rotatable bonds is 5. The maximum Gasteiger partial charge on any atom is 0.312 e. The molecule has 0 aromatic rings. The van der Waals surface area contributed by atoms with E-state index in [2.05, 4.69) is 6.58 Å². The van der Waals surface area contributed by atoms with Crippen molar-refractivity contribution in [2.75, 3.05) is 0 Å². The first kappa shape index (κ1) is 32.3. The lowest BCUT2D eigenvalue weighted by Crippen LogP contribution is -2.68. The molecule has 1 aliphatic heterocycles. The van der Waals surface area contributed by atoms with Crippen LogP contribution in [0.5, 0.6) is 0 Å². The summed E-state index contributed by atoms with van der Waals surface area (Å²) < 4.78 is 29.1. The van der Waals surface area contributed by atoms with Crippen LogP contribution >= 0.6 is 0 Å². The van der Waals surface area contributed by atoms with Crippen LogP contribution in [0.2, 0.25) is 0 Å². The topological polar surface area (TPSA) is 152 Å². The molecule has 11 nitrogen and oxygen atoms in total. The van der Waals surface area contributed by atoms with E-state index in [9.17, 15) is 29.1 Å². The van der Waals surface area contributed by atoms with Crippen molar-refractivity contribution < 1.29 is 52.8 Å². The molecule has 2 aliphatic carbocycles. The Labute approximate surface area is 240 Å². The average molecular weight is 579 g/mol. The summed E-state index contributed by atoms with van der Waals surface area (Å²) >= 11 is 0. The van der Waals surface area contributed by atoms with Crippen LogP contribution < -0.4 is 0 Å². The van der Waals surface area contributed by atoms with E-state index in [-0.39, 0.29) is 12.8 Å². The Morgan fingerprint density at radius 1 is 1.02 bits per heavy atom. The molecule has 0 aromatic carbocycles. The Bertz CT molecular complexity index is 1140. The number of carbonyl (C=O) groups excluding carboxylic acids is 5. The van der Waals surface area contributed by atoms with Crippen molar-refractivity contribution in [2.24, 2.45) is 23.2 Å². The summed E-state index contributed by atoms with van der Waals surface area (Å²) in [6, 6.07) is 0. The van der Waals surface area contributed by atoms with Gasteiger partial charge in [-0.1, -0.05) is 38.5 Å². The molecule has 0 amide bonds. The van der Waals surface area contributed by atoms with E-state index in [0.29, 0.717) is 12.0 Å². The molecule has 0 bridgehead atoms. The van der Waals surface area contributed by atoms with Gasteiger partial charge in [-0.2, -0.15) is 0 Å². The molecule has 228 valence electrons. The lowest BCUT2D eigenvalue weighted by Gasteiger charge is -2.57. The summed E-state index contributed by atoms with van der Waals surface area (Å²) in [5, 5.41) is 12.4. The number of allylic oxidation sites excluding steroid dienone is 1. The van der Waals surface area contributed by atoms with E-state index in [1.165, 1.54) is 27.7 Å². The molecule has 41 heavy (non-hydrogen) atoms. The van der Waals surface area contributed by atoms with E-state index in [1.54, 1.807) is 33.8 Å². The fourth-order valence-electron chi connectivity index (χ4n) is 6.54. The SMILES string of the molecule is C=C1C[C@H](OC(=O)C(C)C)[C@H](OC(C)=O)[C@]2(C)[C@@H](OC(C)=O)CC/C(C)=C\[C@@H]3OC(=O)[C@H](C)[C@@]3(O)[C@@H](OC(C)=O)[C@@H]12. The number of carbonyl (C=O) groups is 5. The third kappa shape index (κ3) is 6.05. The van der Waals surface area contributed by atoms with Crippen LogP contribution in [0.1, 0.15) is 74.7 Å². The fraction of sp³-hybridized carbons (Fsp3) is 0.700. The molecule has 1 saturated heterocycles. The molecule has 0 aromatic heterocycles. The maximum atomic E-state index is 12.9. The van der Waals surface area contributed by atoms with Gasteiger partial charge in [0, 0.05) is 33.1 Å². The Morgan fingerprint density at radius 2 is 1.59 bits per heavy atom. The van der Waals surface area contributed by atoms with Crippen molar-refractivity contribution in [1.82, 2.24) is 0 Å². The summed E-state index contributed by atoms with van der Waals surface area (Å²) in [6.45, 7) is 16.1. The van der Waals surface area contributed by atoms with Crippen LogP contribution in [0.3, 0.4) is 0 Å². The molecule has 1 saturated carbocycles. The molecule has 0 radical (unpaired) electrons. The highest BCUT2D eigenvalue weighted by atomic mass is 16.6. The molecule has 9 atom stereocenters. The average Bonchev–Trinajstić information content (AvgIpc) is 3.06. The Morgan fingerprint density at radius 3 is 2.12 bits per heavy atom. The normalized spacial score (nSPS) is 38.4. The van der Waals surface area contributed by atoms with Gasteiger partial charge in [0.1, 0.15) is 24.4 Å². The van der Waals surface area contributed by atoms with Gasteiger partial charge in [-0.25, -0.2) is 0 Å². The molecule has 0 unspecified atom stereocenters. The number of aliphatic hydroxyl groups is 1. The lowest BCUT2D eigenvalue weighted by atomic mass is 9.54. The standard InChI is InChI=1S/C30H42O11/c1-14(2)27(34)40-21-13-16(4)24-26(39-20(8)33)30(36)17(5)28(35)41-23(30)12-15(3)10-11-22(37-18(6)31)29(24,9)25(21)38-19(7)32/h12,14,17,21-26,36H,4,10-11,13H2,1-3,5-9H3/b15-12-/t17-,21-,22-,23-,24+,25-,26-,29+,30-/m0/s1. The van der Waals surface area contributed by atoms with Crippen LogP contribution in [-0.4, -0.2) is 71.1 Å². The van der Waals surface area contributed by atoms with E-state index >= 15 is 0 Å². The summed E-state index contributed by atoms with van der Waals surface area (Å²) in [6.07, 6.45) is -3.65. The van der Waals surface area contributed by atoms with Gasteiger partial charge in [-0.05, 0) is 32.8 Å². The van der Waals surface area contributed by atoms with E-state index in [0.717, 1.165) is 5.57 Å². The maximum absolute atomic E-state index is 12.9. The van der Waals surface area contributed by atoms with Crippen LogP contribution in [0.15, 0.2) is 23.8 Å². The molecule has 1 heterocycles. The van der Waals surface area contributed by atoms with Gasteiger partial charge in [-0.3, -0.25) is 24.0 Å². The summed E-state index contributed by atoms with van der Waals surface area (Å²) in [5.41, 5.74) is -2.42. The van der Waals surface area contributed by atoms with Gasteiger partial charge in [0.05, 0.1) is 17.3 Å². The lowest BCUT2D eigenvalue weighted by molar-refractivity contribution is -0.236. The summed E-state index contributed by atoms with van der Waals surface area (Å²) in [4.78, 5) is 63.3. The third-order valence-electron chi connectivity index (χ3n) is 8.59. The number of ether oxygens (including phenoxy) is 5. The zero-order valence-electron chi connectivity index (χ0n) is 25.1. The van der Waals surface area contributed by atoms with E-state index < -0.39 is 89.1 Å². The fourth-order valence-corrected chi connectivity index (χ4v) is 6.54. The van der Waals surface area contributed by atoms with Crippen molar-refractivity contribution in [3.8, 4) is 0 Å². The molecule has 0 spiro atoms. The first-order valence-electron chi connectivity index (χ1n) is 13.9. The van der Waals surface area contributed by atoms with E-state index in [4.69, 9.17) is 23.7 Å². The number of fused-ring (bicyclic) bond motifs is 2. The predicted octanol–water partition coefficient (Wildman–Crippen LogP) is 2.96. The van der Waals surface area contributed by atoms with Crippen LogP contribution in [0.4, 0.5) is 0 Å². The second-order valence-corrected chi connectivity index (χ2v) is 12.0. The second-order valence-electron chi connectivity index (χ2n) is 12.0. The monoisotopic (exact) mass is 578 g/mol. The minimum atomic E-state index is -2.07. The predicted molar refractivity (Wildman–Crippen MR) is 144 cm³/mol. The molecule has 3 rings (SSSR count). The molecule has 2 fully saturated rings. The largest absolute Gasteiger partial charge is 0.462 e. The van der Waals surface area contributed by atoms with Crippen molar-refractivity contribution >= 4 is 29.8 Å². The van der Waals surface area contributed by atoms with Crippen molar-refractivity contribution in [2.45, 2.75) is 111 Å². The molecular weight excluding hydrogens is 536 g/mol. The highest BCUT2D eigenvalue weighted by Gasteiger charge is 2.69. The van der Waals surface area contributed by atoms with Gasteiger partial charge in [0.15, 0.2) is 11.7 Å². The van der Waals surface area contributed by atoms with Gasteiger partial charge < -0.3 is 28.8 Å². The minimum absolute atomic E-state index is 0.0139. The quantitative estimate of drug-likeness (QED) is 0.291. The number of hydrogen-bond acceptors (Lipinski definition) is 11. The molecule has 3 aliphatic rings. The van der Waals surface area contributed by atoms with Crippen LogP contribution in [-0.2, 0) is 47.7 Å². The Hall–Kier alpha value is -3.21. The van der Waals surface area contributed by atoms with Crippen molar-refractivity contribution in [3.63, 3.8) is 0 Å². The van der Waals surface area contributed by atoms with Gasteiger partial charge in [0.25, 0.3) is 0 Å². The smallest absolute Gasteiger partial charge is 0.312 e. The molecule has 1 N–H and O–H groups in total. The molecule has 11 heteroatoms. The van der Waals surface area contributed by atoms with Crippen LogP contribution in [0.25, 0.3) is 0 Å². The van der Waals surface area contributed by atoms with Crippen molar-refractivity contribution in [3.05, 3.63) is 23.8 Å². The van der Waals surface area contributed by atoms with Gasteiger partial charge >= 0.3 is 29.8 Å². The van der Waals surface area contributed by atoms with E-state index in [1.807, 2.05) is 0 Å². The Balaban J connectivity index is 2.38. The summed E-state index contributed by atoms with van der Waals surface area (Å²) in [5.74, 6) is -5.93. The third-order valence-corrected chi connectivity index (χ3v) is 8.59. The number of esters is 5. The number of hydrogen-bond donors (Lipinski definition) is 1. The second kappa shape index (κ2) is 12.0. The minimum Gasteiger partial charge on any atom is -0.462 e. The Kier molecular flexibility index (Phi) is 9.42. The van der Waals surface area contributed by atoms with Gasteiger partial charge in [-0.15, -0.1) is 0 Å². The molecular formula is C30H42O11. The summed E-state index contributed by atoms with van der Waals surface area (Å²) in [7, 11) is 0. The first-order chi connectivity index (χ1) is 18.9. The highest BCUT2D eigenvalue weighted by molar-refractivity contribution is 5.78. The zero-order valence-corrected chi connectivity index (χ0v) is 25.1. The van der Waals surface area contributed by atoms with Gasteiger partial charge in [0.2, 0.25) is 0 Å². The first-order valence-corrected chi connectivity index (χ1v) is 13.9.